The van der Waals surface area contributed by atoms with Crippen molar-refractivity contribution in [3.05, 3.63) is 41.9 Å². The monoisotopic (exact) mass is 235 g/mol. The van der Waals surface area contributed by atoms with E-state index in [2.05, 4.69) is 9.97 Å². The van der Waals surface area contributed by atoms with E-state index in [0.717, 1.165) is 12.3 Å². The van der Waals surface area contributed by atoms with E-state index in [0.29, 0.717) is 6.29 Å². The second-order valence-electron chi connectivity index (χ2n) is 3.15. The molecule has 17 heavy (non-hydrogen) atoms. The largest absolute Gasteiger partial charge is 0.478 e. The first-order valence-electron chi connectivity index (χ1n) is 4.50. The van der Waals surface area contributed by atoms with E-state index in [4.69, 9.17) is 5.11 Å². The Balaban J connectivity index is 2.49. The molecule has 7 heteroatoms. The summed E-state index contributed by atoms with van der Waals surface area (Å²) in [5.74, 6) is -2.14. The number of carboxylic acid groups (broad SMARTS) is 1. The number of hydrogen-bond donors (Lipinski definition) is 1. The molecule has 0 fully saturated rings. The molecule has 6 nitrogen and oxygen atoms in total. The highest BCUT2D eigenvalue weighted by Crippen LogP contribution is 2.11. The van der Waals surface area contributed by atoms with Gasteiger partial charge < -0.3 is 5.11 Å². The third-order valence-corrected chi connectivity index (χ3v) is 2.06. The Morgan fingerprint density at radius 3 is 2.82 bits per heavy atom. The number of nitrogens with zero attached hydrogens (tertiary/aromatic N) is 3. The minimum atomic E-state index is -1.39. The van der Waals surface area contributed by atoms with E-state index < -0.39 is 17.3 Å². The Morgan fingerprint density at radius 2 is 2.24 bits per heavy atom. The molecule has 0 unspecified atom stereocenters. The van der Waals surface area contributed by atoms with Gasteiger partial charge in [0.05, 0.1) is 6.20 Å². The number of carboxylic acids is 1. The van der Waals surface area contributed by atoms with Crippen molar-refractivity contribution in [1.29, 1.82) is 0 Å². The van der Waals surface area contributed by atoms with Gasteiger partial charge in [-0.25, -0.2) is 19.2 Å². The number of aromatic carboxylic acids is 1. The molecular weight excluding hydrogens is 229 g/mol. The first-order valence-corrected chi connectivity index (χ1v) is 4.50. The maximum atomic E-state index is 13.1. The summed E-state index contributed by atoms with van der Waals surface area (Å²) in [5.41, 5.74) is -0.315. The van der Waals surface area contributed by atoms with Crippen LogP contribution in [0.25, 0.3) is 5.82 Å². The molecule has 0 spiro atoms. The number of carbonyl (C=O) groups excluding carboxylic acids is 1. The Kier molecular flexibility index (Phi) is 2.65. The lowest BCUT2D eigenvalue weighted by Crippen LogP contribution is -2.04. The first kappa shape index (κ1) is 10.9. The van der Waals surface area contributed by atoms with Gasteiger partial charge in [-0.3, -0.25) is 9.36 Å². The lowest BCUT2D eigenvalue weighted by molar-refractivity contribution is 0.0691. The summed E-state index contributed by atoms with van der Waals surface area (Å²) in [6, 6.07) is 1.06. The number of halogens is 1. The molecule has 0 aromatic carbocycles. The third kappa shape index (κ3) is 2.03. The molecule has 2 aromatic rings. The van der Waals surface area contributed by atoms with Gasteiger partial charge in [0, 0.05) is 6.20 Å². The highest BCUT2D eigenvalue weighted by atomic mass is 19.1. The van der Waals surface area contributed by atoms with Crippen molar-refractivity contribution >= 4 is 12.3 Å². The van der Waals surface area contributed by atoms with Crippen LogP contribution in [-0.2, 0) is 0 Å². The molecule has 0 aliphatic heterocycles. The third-order valence-electron chi connectivity index (χ3n) is 2.06. The normalized spacial score (nSPS) is 10.2. The molecule has 0 aliphatic rings. The van der Waals surface area contributed by atoms with Gasteiger partial charge >= 0.3 is 5.97 Å². The number of hydrogen-bond acceptors (Lipinski definition) is 4. The summed E-state index contributed by atoms with van der Waals surface area (Å²) in [6.07, 6.45) is 3.99. The summed E-state index contributed by atoms with van der Waals surface area (Å²) in [6.45, 7) is 0. The van der Waals surface area contributed by atoms with Crippen LogP contribution >= 0.6 is 0 Å². The molecule has 0 aliphatic carbocycles. The summed E-state index contributed by atoms with van der Waals surface area (Å²) in [4.78, 5) is 28.6. The number of pyridine rings is 1. The minimum absolute atomic E-state index is 0.171. The average molecular weight is 235 g/mol. The van der Waals surface area contributed by atoms with Crippen LogP contribution in [0.1, 0.15) is 20.8 Å². The van der Waals surface area contributed by atoms with E-state index >= 15 is 0 Å². The van der Waals surface area contributed by atoms with Crippen molar-refractivity contribution in [2.75, 3.05) is 0 Å². The van der Waals surface area contributed by atoms with Crippen LogP contribution < -0.4 is 0 Å². The maximum absolute atomic E-state index is 13.1. The Hall–Kier alpha value is -2.57. The first-order chi connectivity index (χ1) is 8.11. The number of imidazole rings is 1. The fraction of sp³-hybridized carbons (Fsp3) is 0. The molecule has 0 atom stereocenters. The molecule has 2 rings (SSSR count). The van der Waals surface area contributed by atoms with Crippen LogP contribution in [0, 0.1) is 5.82 Å². The van der Waals surface area contributed by atoms with E-state index in [9.17, 15) is 14.0 Å². The van der Waals surface area contributed by atoms with E-state index in [1.54, 1.807) is 0 Å². The smallest absolute Gasteiger partial charge is 0.338 e. The second kappa shape index (κ2) is 4.12. The average Bonchev–Trinajstić information content (AvgIpc) is 2.78. The van der Waals surface area contributed by atoms with Crippen molar-refractivity contribution in [3.8, 4) is 5.82 Å². The topological polar surface area (TPSA) is 85.1 Å². The molecule has 1 N–H and O–H groups in total. The fourth-order valence-electron chi connectivity index (χ4n) is 1.26. The van der Waals surface area contributed by atoms with Gasteiger partial charge in [0.25, 0.3) is 0 Å². The second-order valence-corrected chi connectivity index (χ2v) is 3.15. The highest BCUT2D eigenvalue weighted by Gasteiger charge is 2.12. The highest BCUT2D eigenvalue weighted by molar-refractivity contribution is 5.88. The standard InChI is InChI=1S/C10H6FN3O3/c11-8-2-12-9(1-7(8)10(16)17)14-3-6(4-15)13-5-14/h1-5H,(H,16,17). The van der Waals surface area contributed by atoms with Crippen LogP contribution in [0.3, 0.4) is 0 Å². The van der Waals surface area contributed by atoms with Crippen molar-refractivity contribution in [2.24, 2.45) is 0 Å². The Bertz CT molecular complexity index is 594. The van der Waals surface area contributed by atoms with Crippen LogP contribution in [0.4, 0.5) is 4.39 Å². The Morgan fingerprint density at radius 1 is 1.47 bits per heavy atom. The van der Waals surface area contributed by atoms with Crippen LogP contribution in [0.2, 0.25) is 0 Å². The summed E-state index contributed by atoms with van der Waals surface area (Å²) < 4.78 is 14.4. The molecule has 86 valence electrons. The molecule has 0 bridgehead atoms. The minimum Gasteiger partial charge on any atom is -0.478 e. The van der Waals surface area contributed by atoms with Crippen LogP contribution in [0.15, 0.2) is 24.8 Å². The van der Waals surface area contributed by atoms with Gasteiger partial charge in [-0.15, -0.1) is 0 Å². The maximum Gasteiger partial charge on any atom is 0.338 e. The zero-order valence-corrected chi connectivity index (χ0v) is 8.37. The van der Waals surface area contributed by atoms with Crippen molar-refractivity contribution < 1.29 is 19.1 Å². The fourth-order valence-corrected chi connectivity index (χ4v) is 1.26. The number of carbonyl (C=O) groups is 2. The predicted octanol–water partition coefficient (Wildman–Crippen LogP) is 0.917. The van der Waals surface area contributed by atoms with Gasteiger partial charge in [0.2, 0.25) is 0 Å². The van der Waals surface area contributed by atoms with E-state index in [-0.39, 0.29) is 11.5 Å². The van der Waals surface area contributed by atoms with Gasteiger partial charge in [0.1, 0.15) is 23.4 Å². The molecule has 2 heterocycles. The van der Waals surface area contributed by atoms with Crippen LogP contribution in [-0.4, -0.2) is 31.9 Å². The van der Waals surface area contributed by atoms with E-state index in [1.807, 2.05) is 0 Å². The Labute approximate surface area is 94.4 Å². The lowest BCUT2D eigenvalue weighted by atomic mass is 10.2. The zero-order chi connectivity index (χ0) is 12.4. The molecular formula is C10H6FN3O3. The summed E-state index contributed by atoms with van der Waals surface area (Å²) >= 11 is 0. The van der Waals surface area contributed by atoms with Crippen LogP contribution in [0.5, 0.6) is 0 Å². The van der Waals surface area contributed by atoms with Gasteiger partial charge in [-0.05, 0) is 6.07 Å². The van der Waals surface area contributed by atoms with E-state index in [1.165, 1.54) is 17.1 Å². The van der Waals surface area contributed by atoms with Gasteiger partial charge in [0.15, 0.2) is 12.1 Å². The predicted molar refractivity (Wildman–Crippen MR) is 53.7 cm³/mol. The molecule has 0 amide bonds. The molecule has 0 saturated carbocycles. The SMILES string of the molecule is O=Cc1cn(-c2cc(C(=O)O)c(F)cn2)cn1. The quantitative estimate of drug-likeness (QED) is 0.799. The molecule has 2 aromatic heterocycles. The number of aldehydes is 1. The van der Waals surface area contributed by atoms with Crippen molar-refractivity contribution in [3.63, 3.8) is 0 Å². The lowest BCUT2D eigenvalue weighted by Gasteiger charge is -2.02. The number of rotatable bonds is 3. The van der Waals surface area contributed by atoms with Crippen molar-refractivity contribution in [2.45, 2.75) is 0 Å². The van der Waals surface area contributed by atoms with Gasteiger partial charge in [-0.1, -0.05) is 0 Å². The summed E-state index contributed by atoms with van der Waals surface area (Å²) in [7, 11) is 0. The zero-order valence-electron chi connectivity index (χ0n) is 8.37. The number of aromatic nitrogens is 3. The molecule has 0 radical (unpaired) electrons. The summed E-state index contributed by atoms with van der Waals surface area (Å²) in [5, 5.41) is 8.74. The van der Waals surface area contributed by atoms with Crippen molar-refractivity contribution in [1.82, 2.24) is 14.5 Å². The van der Waals surface area contributed by atoms with Gasteiger partial charge in [-0.2, -0.15) is 0 Å². The molecule has 0 saturated heterocycles.